The number of benzene rings is 1. The molecule has 1 aliphatic heterocycles. The Hall–Kier alpha value is -3.09. The van der Waals surface area contributed by atoms with Crippen LogP contribution in [0.15, 0.2) is 34.7 Å². The summed E-state index contributed by atoms with van der Waals surface area (Å²) in [5.41, 5.74) is 6.01. The number of rotatable bonds is 3. The minimum atomic E-state index is -0.485. The van der Waals surface area contributed by atoms with Crippen molar-refractivity contribution in [1.82, 2.24) is 10.9 Å². The molecular weight excluding hydrogens is 322 g/mol. The number of hydrogen-bond donors (Lipinski definition) is 2. The van der Waals surface area contributed by atoms with Crippen LogP contribution in [0.25, 0.3) is 0 Å². The predicted octanol–water partition coefficient (Wildman–Crippen LogP) is 2.10. The number of nitrogens with zero attached hydrogens (tertiary/aromatic N) is 1. The van der Waals surface area contributed by atoms with Crippen molar-refractivity contribution in [2.45, 2.75) is 26.7 Å². The van der Waals surface area contributed by atoms with Crippen LogP contribution in [0.1, 0.15) is 45.1 Å². The maximum atomic E-state index is 12.5. The molecule has 0 radical (unpaired) electrons. The number of nitrogens with one attached hydrogen (secondary N) is 2. The van der Waals surface area contributed by atoms with Crippen molar-refractivity contribution < 1.29 is 18.8 Å². The Morgan fingerprint density at radius 2 is 1.76 bits per heavy atom. The van der Waals surface area contributed by atoms with Crippen LogP contribution in [0.3, 0.4) is 0 Å². The van der Waals surface area contributed by atoms with Gasteiger partial charge in [0.2, 0.25) is 5.91 Å². The molecule has 2 aromatic rings. The van der Waals surface area contributed by atoms with E-state index in [2.05, 4.69) is 10.9 Å². The van der Waals surface area contributed by atoms with Crippen LogP contribution in [0, 0.1) is 13.8 Å². The molecule has 1 aliphatic rings. The van der Waals surface area contributed by atoms with Gasteiger partial charge in [0.15, 0.2) is 0 Å². The van der Waals surface area contributed by atoms with Gasteiger partial charge in [0.05, 0.1) is 16.8 Å². The summed E-state index contributed by atoms with van der Waals surface area (Å²) >= 11 is 0. The molecule has 0 atom stereocenters. The highest BCUT2D eigenvalue weighted by molar-refractivity contribution is 6.06. The molecule has 0 bridgehead atoms. The summed E-state index contributed by atoms with van der Waals surface area (Å²) in [6, 6.07) is 8.44. The average Bonchev–Trinajstić information content (AvgIpc) is 3.17. The highest BCUT2D eigenvalue weighted by atomic mass is 16.3. The standard InChI is InChI=1S/C18H19N3O4/c1-11-10-14(12(2)25-11)18(24)20-19-17(23)13-6-3-4-7-15(13)21-9-5-8-16(21)22/h3-4,6-7,10H,5,8-9H2,1-2H3,(H,19,23)(H,20,24). The Bertz CT molecular complexity index is 841. The van der Waals surface area contributed by atoms with Gasteiger partial charge in [0, 0.05) is 13.0 Å². The van der Waals surface area contributed by atoms with Crippen LogP contribution >= 0.6 is 0 Å². The number of anilines is 1. The van der Waals surface area contributed by atoms with E-state index in [4.69, 9.17) is 4.42 Å². The maximum absolute atomic E-state index is 12.5. The molecule has 1 fully saturated rings. The zero-order valence-electron chi connectivity index (χ0n) is 14.1. The van der Waals surface area contributed by atoms with Crippen molar-refractivity contribution in [3.63, 3.8) is 0 Å². The summed E-state index contributed by atoms with van der Waals surface area (Å²) in [4.78, 5) is 38.2. The van der Waals surface area contributed by atoms with E-state index in [9.17, 15) is 14.4 Å². The van der Waals surface area contributed by atoms with Crippen LogP contribution in [0.5, 0.6) is 0 Å². The van der Waals surface area contributed by atoms with Gasteiger partial charge >= 0.3 is 0 Å². The van der Waals surface area contributed by atoms with Gasteiger partial charge in [-0.15, -0.1) is 0 Å². The van der Waals surface area contributed by atoms with Gasteiger partial charge in [-0.1, -0.05) is 12.1 Å². The topological polar surface area (TPSA) is 91.7 Å². The molecule has 2 N–H and O–H groups in total. The molecule has 7 heteroatoms. The van der Waals surface area contributed by atoms with E-state index in [1.54, 1.807) is 49.1 Å². The number of carbonyl (C=O) groups is 3. The fourth-order valence-corrected chi connectivity index (χ4v) is 2.91. The van der Waals surface area contributed by atoms with E-state index >= 15 is 0 Å². The second-order valence-corrected chi connectivity index (χ2v) is 5.90. The van der Waals surface area contributed by atoms with Gasteiger partial charge in [-0.3, -0.25) is 25.2 Å². The summed E-state index contributed by atoms with van der Waals surface area (Å²) in [5.74, 6) is 0.145. The molecule has 25 heavy (non-hydrogen) atoms. The van der Waals surface area contributed by atoms with Gasteiger partial charge in [-0.05, 0) is 38.5 Å². The summed E-state index contributed by atoms with van der Waals surface area (Å²) in [6.45, 7) is 4.01. The van der Waals surface area contributed by atoms with E-state index < -0.39 is 11.8 Å². The molecule has 1 aromatic heterocycles. The van der Waals surface area contributed by atoms with Gasteiger partial charge in [-0.2, -0.15) is 0 Å². The molecular formula is C18H19N3O4. The SMILES string of the molecule is Cc1cc(C(=O)NNC(=O)c2ccccc2N2CCCC2=O)c(C)o1. The van der Waals surface area contributed by atoms with E-state index in [0.717, 1.165) is 6.42 Å². The molecule has 2 heterocycles. The summed E-state index contributed by atoms with van der Waals surface area (Å²) in [7, 11) is 0. The minimum absolute atomic E-state index is 0.00576. The number of furan rings is 1. The van der Waals surface area contributed by atoms with Gasteiger partial charge in [0.25, 0.3) is 11.8 Å². The quantitative estimate of drug-likeness (QED) is 0.836. The molecule has 0 spiro atoms. The van der Waals surface area contributed by atoms with Gasteiger partial charge < -0.3 is 9.32 Å². The Kier molecular flexibility index (Phi) is 4.56. The Morgan fingerprint density at radius 3 is 2.36 bits per heavy atom. The molecule has 3 rings (SSSR count). The highest BCUT2D eigenvalue weighted by Gasteiger charge is 2.25. The third-order valence-corrected chi connectivity index (χ3v) is 4.09. The molecule has 1 saturated heterocycles. The third-order valence-electron chi connectivity index (χ3n) is 4.09. The lowest BCUT2D eigenvalue weighted by Crippen LogP contribution is -2.42. The first kappa shape index (κ1) is 16.8. The molecule has 0 aliphatic carbocycles. The highest BCUT2D eigenvalue weighted by Crippen LogP contribution is 2.25. The van der Waals surface area contributed by atoms with Crippen LogP contribution in [-0.4, -0.2) is 24.3 Å². The summed E-state index contributed by atoms with van der Waals surface area (Å²) < 4.78 is 5.31. The number of hydrogen-bond acceptors (Lipinski definition) is 4. The largest absolute Gasteiger partial charge is 0.466 e. The lowest BCUT2D eigenvalue weighted by atomic mass is 10.1. The van der Waals surface area contributed by atoms with Crippen LogP contribution in [0.2, 0.25) is 0 Å². The lowest BCUT2D eigenvalue weighted by molar-refractivity contribution is -0.117. The van der Waals surface area contributed by atoms with Crippen molar-refractivity contribution in [3.05, 3.63) is 53.0 Å². The summed E-state index contributed by atoms with van der Waals surface area (Å²) in [6.07, 6.45) is 1.25. The van der Waals surface area contributed by atoms with Crippen molar-refractivity contribution in [2.24, 2.45) is 0 Å². The monoisotopic (exact) mass is 341 g/mol. The first-order chi connectivity index (χ1) is 12.0. The van der Waals surface area contributed by atoms with Crippen LogP contribution < -0.4 is 15.8 Å². The Balaban J connectivity index is 1.73. The third kappa shape index (κ3) is 3.40. The Labute approximate surface area is 145 Å². The number of amides is 3. The minimum Gasteiger partial charge on any atom is -0.466 e. The summed E-state index contributed by atoms with van der Waals surface area (Å²) in [5, 5.41) is 0. The molecule has 0 unspecified atom stereocenters. The lowest BCUT2D eigenvalue weighted by Gasteiger charge is -2.19. The molecule has 130 valence electrons. The number of hydrazine groups is 1. The second kappa shape index (κ2) is 6.80. The Morgan fingerprint density at radius 1 is 1.08 bits per heavy atom. The van der Waals surface area contributed by atoms with E-state index in [1.165, 1.54) is 0 Å². The van der Waals surface area contributed by atoms with Gasteiger partial charge in [-0.25, -0.2) is 0 Å². The molecule has 3 amide bonds. The van der Waals surface area contributed by atoms with Crippen molar-refractivity contribution in [1.29, 1.82) is 0 Å². The zero-order valence-corrected chi connectivity index (χ0v) is 14.1. The number of para-hydroxylation sites is 1. The van der Waals surface area contributed by atoms with Crippen LogP contribution in [0.4, 0.5) is 5.69 Å². The normalized spacial score (nSPS) is 13.8. The predicted molar refractivity (Wildman–Crippen MR) is 91.1 cm³/mol. The molecule has 0 saturated carbocycles. The fraction of sp³-hybridized carbons (Fsp3) is 0.278. The van der Waals surface area contributed by atoms with E-state index in [-0.39, 0.29) is 5.91 Å². The van der Waals surface area contributed by atoms with Crippen molar-refractivity contribution in [2.75, 3.05) is 11.4 Å². The maximum Gasteiger partial charge on any atom is 0.273 e. The van der Waals surface area contributed by atoms with Gasteiger partial charge in [0.1, 0.15) is 11.5 Å². The van der Waals surface area contributed by atoms with E-state index in [1.807, 2.05) is 0 Å². The fourth-order valence-electron chi connectivity index (χ4n) is 2.91. The second-order valence-electron chi connectivity index (χ2n) is 5.90. The number of aryl methyl sites for hydroxylation is 2. The number of carbonyl (C=O) groups excluding carboxylic acids is 3. The zero-order chi connectivity index (χ0) is 18.0. The first-order valence-corrected chi connectivity index (χ1v) is 8.04. The molecule has 7 nitrogen and oxygen atoms in total. The first-order valence-electron chi connectivity index (χ1n) is 8.04. The molecule has 1 aromatic carbocycles. The van der Waals surface area contributed by atoms with Crippen molar-refractivity contribution >= 4 is 23.4 Å². The average molecular weight is 341 g/mol. The van der Waals surface area contributed by atoms with Crippen molar-refractivity contribution in [3.8, 4) is 0 Å². The smallest absolute Gasteiger partial charge is 0.273 e. The van der Waals surface area contributed by atoms with Crippen LogP contribution in [-0.2, 0) is 4.79 Å². The van der Waals surface area contributed by atoms with E-state index in [0.29, 0.717) is 41.3 Å².